The zero-order chi connectivity index (χ0) is 12.1. The summed E-state index contributed by atoms with van der Waals surface area (Å²) < 4.78 is 0. The lowest BCUT2D eigenvalue weighted by Crippen LogP contribution is -2.35. The van der Waals surface area contributed by atoms with E-state index in [9.17, 15) is 0 Å². The molecule has 5 heteroatoms. The van der Waals surface area contributed by atoms with E-state index in [2.05, 4.69) is 32.5 Å². The monoisotopic (exact) mass is 235 g/mol. The van der Waals surface area contributed by atoms with Crippen LogP contribution in [0.1, 0.15) is 12.8 Å². The second-order valence-electron chi connectivity index (χ2n) is 4.69. The number of likely N-dealkylation sites (tertiary alicyclic amines) is 1. The number of anilines is 2. The van der Waals surface area contributed by atoms with Gasteiger partial charge in [0.05, 0.1) is 0 Å². The Morgan fingerprint density at radius 1 is 1.41 bits per heavy atom. The summed E-state index contributed by atoms with van der Waals surface area (Å²) in [6.45, 7) is 3.40. The maximum atomic E-state index is 4.21. The van der Waals surface area contributed by atoms with Gasteiger partial charge in [-0.1, -0.05) is 0 Å². The second-order valence-corrected chi connectivity index (χ2v) is 4.69. The SMILES string of the molecule is CNc1cc(NCC2CCCN(C)C2)ncn1. The van der Waals surface area contributed by atoms with Crippen LogP contribution >= 0.6 is 0 Å². The highest BCUT2D eigenvalue weighted by atomic mass is 15.1. The summed E-state index contributed by atoms with van der Waals surface area (Å²) in [5.74, 6) is 2.47. The smallest absolute Gasteiger partial charge is 0.131 e. The largest absolute Gasteiger partial charge is 0.373 e. The van der Waals surface area contributed by atoms with Crippen LogP contribution in [0.4, 0.5) is 11.6 Å². The molecule has 1 aromatic heterocycles. The van der Waals surface area contributed by atoms with E-state index >= 15 is 0 Å². The second kappa shape index (κ2) is 5.82. The Balaban J connectivity index is 1.84. The molecule has 5 nitrogen and oxygen atoms in total. The fourth-order valence-electron chi connectivity index (χ4n) is 2.28. The highest BCUT2D eigenvalue weighted by molar-refractivity contribution is 5.45. The molecule has 0 saturated carbocycles. The number of hydrogen-bond acceptors (Lipinski definition) is 5. The first kappa shape index (κ1) is 12.1. The fourth-order valence-corrected chi connectivity index (χ4v) is 2.28. The molecule has 1 fully saturated rings. The van der Waals surface area contributed by atoms with Gasteiger partial charge in [0, 0.05) is 26.2 Å². The van der Waals surface area contributed by atoms with E-state index in [1.807, 2.05) is 13.1 Å². The summed E-state index contributed by atoms with van der Waals surface area (Å²) in [5, 5.41) is 6.40. The van der Waals surface area contributed by atoms with Gasteiger partial charge in [0.2, 0.25) is 0 Å². The summed E-state index contributed by atoms with van der Waals surface area (Å²) in [6.07, 6.45) is 4.19. The number of piperidine rings is 1. The highest BCUT2D eigenvalue weighted by Gasteiger charge is 2.16. The molecule has 0 aromatic carbocycles. The third kappa shape index (κ3) is 3.56. The third-order valence-electron chi connectivity index (χ3n) is 3.22. The molecule has 1 unspecified atom stereocenters. The minimum atomic E-state index is 0.724. The molecule has 94 valence electrons. The molecule has 2 heterocycles. The van der Waals surface area contributed by atoms with Crippen molar-refractivity contribution in [2.75, 3.05) is 44.4 Å². The van der Waals surface area contributed by atoms with Gasteiger partial charge in [-0.05, 0) is 32.4 Å². The molecule has 1 saturated heterocycles. The van der Waals surface area contributed by atoms with Gasteiger partial charge in [-0.25, -0.2) is 9.97 Å². The maximum absolute atomic E-state index is 4.21. The van der Waals surface area contributed by atoms with Crippen molar-refractivity contribution in [1.82, 2.24) is 14.9 Å². The van der Waals surface area contributed by atoms with Gasteiger partial charge in [-0.2, -0.15) is 0 Å². The minimum Gasteiger partial charge on any atom is -0.373 e. The topological polar surface area (TPSA) is 53.1 Å². The molecule has 1 aromatic rings. The van der Waals surface area contributed by atoms with Crippen LogP contribution in [0.25, 0.3) is 0 Å². The average molecular weight is 235 g/mol. The van der Waals surface area contributed by atoms with Gasteiger partial charge >= 0.3 is 0 Å². The van der Waals surface area contributed by atoms with Crippen LogP contribution in [0.3, 0.4) is 0 Å². The molecule has 0 radical (unpaired) electrons. The first-order valence-electron chi connectivity index (χ1n) is 6.20. The van der Waals surface area contributed by atoms with Crippen LogP contribution in [-0.2, 0) is 0 Å². The minimum absolute atomic E-state index is 0.724. The molecule has 17 heavy (non-hydrogen) atoms. The normalized spacial score (nSPS) is 21.2. The van der Waals surface area contributed by atoms with Crippen LogP contribution in [0, 0.1) is 5.92 Å². The van der Waals surface area contributed by atoms with E-state index in [0.717, 1.165) is 24.1 Å². The Hall–Kier alpha value is -1.36. The summed E-state index contributed by atoms with van der Waals surface area (Å²) in [6, 6.07) is 1.94. The van der Waals surface area contributed by atoms with E-state index in [1.54, 1.807) is 6.33 Å². The predicted octanol–water partition coefficient (Wildman–Crippen LogP) is 1.27. The number of hydrogen-bond donors (Lipinski definition) is 2. The van der Waals surface area contributed by atoms with Crippen molar-refractivity contribution in [3.05, 3.63) is 12.4 Å². The van der Waals surface area contributed by atoms with Gasteiger partial charge in [-0.15, -0.1) is 0 Å². The molecule has 1 aliphatic rings. The molecule has 0 spiro atoms. The van der Waals surface area contributed by atoms with Gasteiger partial charge in [0.25, 0.3) is 0 Å². The lowest BCUT2D eigenvalue weighted by atomic mass is 9.98. The molecule has 0 aliphatic carbocycles. The summed E-state index contributed by atoms with van der Waals surface area (Å²) >= 11 is 0. The Kier molecular flexibility index (Phi) is 4.14. The first-order chi connectivity index (χ1) is 8.28. The molecule has 0 amide bonds. The number of nitrogens with one attached hydrogen (secondary N) is 2. The molecule has 1 aliphatic heterocycles. The summed E-state index contributed by atoms with van der Waals surface area (Å²) in [5.41, 5.74) is 0. The van der Waals surface area contributed by atoms with Gasteiger partial charge < -0.3 is 15.5 Å². The number of aromatic nitrogens is 2. The fraction of sp³-hybridized carbons (Fsp3) is 0.667. The molecule has 2 rings (SSSR count). The Morgan fingerprint density at radius 3 is 3.00 bits per heavy atom. The molecule has 0 bridgehead atoms. The third-order valence-corrected chi connectivity index (χ3v) is 3.22. The van der Waals surface area contributed by atoms with Crippen molar-refractivity contribution in [1.29, 1.82) is 0 Å². The van der Waals surface area contributed by atoms with Crippen LogP contribution < -0.4 is 10.6 Å². The molecule has 1 atom stereocenters. The van der Waals surface area contributed by atoms with Crippen LogP contribution in [0.5, 0.6) is 0 Å². The van der Waals surface area contributed by atoms with Crippen molar-refractivity contribution < 1.29 is 0 Å². The summed E-state index contributed by atoms with van der Waals surface area (Å²) in [4.78, 5) is 10.7. The highest BCUT2D eigenvalue weighted by Crippen LogP contribution is 2.16. The predicted molar refractivity (Wildman–Crippen MR) is 70.3 cm³/mol. The zero-order valence-corrected chi connectivity index (χ0v) is 10.6. The van der Waals surface area contributed by atoms with Crippen molar-refractivity contribution in [2.45, 2.75) is 12.8 Å². The van der Waals surface area contributed by atoms with E-state index in [0.29, 0.717) is 0 Å². The van der Waals surface area contributed by atoms with Crippen LogP contribution in [0.15, 0.2) is 12.4 Å². The Morgan fingerprint density at radius 2 is 2.24 bits per heavy atom. The van der Waals surface area contributed by atoms with Crippen molar-refractivity contribution in [3.8, 4) is 0 Å². The van der Waals surface area contributed by atoms with E-state index < -0.39 is 0 Å². The molecule has 2 N–H and O–H groups in total. The molecular weight excluding hydrogens is 214 g/mol. The number of rotatable bonds is 4. The van der Waals surface area contributed by atoms with Gasteiger partial charge in [0.1, 0.15) is 18.0 Å². The Labute approximate surface area is 103 Å². The molecular formula is C12H21N5. The average Bonchev–Trinajstić information content (AvgIpc) is 2.37. The maximum Gasteiger partial charge on any atom is 0.131 e. The number of nitrogens with zero attached hydrogens (tertiary/aromatic N) is 3. The van der Waals surface area contributed by atoms with E-state index in [1.165, 1.54) is 25.9 Å². The standard InChI is InChI=1S/C12H21N5/c1-13-11-6-12(16-9-15-11)14-7-10-4-3-5-17(2)8-10/h6,9-10H,3-5,7-8H2,1-2H3,(H2,13,14,15,16). The van der Waals surface area contributed by atoms with Crippen molar-refractivity contribution in [2.24, 2.45) is 5.92 Å². The lowest BCUT2D eigenvalue weighted by Gasteiger charge is -2.29. The van der Waals surface area contributed by atoms with Gasteiger partial charge in [0.15, 0.2) is 0 Å². The lowest BCUT2D eigenvalue weighted by molar-refractivity contribution is 0.217. The van der Waals surface area contributed by atoms with Crippen LogP contribution in [-0.4, -0.2) is 48.6 Å². The Bertz CT molecular complexity index is 355. The van der Waals surface area contributed by atoms with Crippen LogP contribution in [0.2, 0.25) is 0 Å². The van der Waals surface area contributed by atoms with Gasteiger partial charge in [-0.3, -0.25) is 0 Å². The van der Waals surface area contributed by atoms with Crippen molar-refractivity contribution in [3.63, 3.8) is 0 Å². The zero-order valence-electron chi connectivity index (χ0n) is 10.6. The van der Waals surface area contributed by atoms with E-state index in [-0.39, 0.29) is 0 Å². The quantitative estimate of drug-likeness (QED) is 0.823. The van der Waals surface area contributed by atoms with E-state index in [4.69, 9.17) is 0 Å². The van der Waals surface area contributed by atoms with Crippen molar-refractivity contribution >= 4 is 11.6 Å². The first-order valence-corrected chi connectivity index (χ1v) is 6.20. The summed E-state index contributed by atoms with van der Waals surface area (Å²) in [7, 11) is 4.05.